The van der Waals surface area contributed by atoms with Gasteiger partial charge < -0.3 is 15.7 Å². The Hall–Kier alpha value is -1.16. The summed E-state index contributed by atoms with van der Waals surface area (Å²) < 4.78 is 26.0. The highest BCUT2D eigenvalue weighted by atomic mass is 32.2. The topological polar surface area (TPSA) is 94.0 Å². The first-order chi connectivity index (χ1) is 13.3. The Morgan fingerprint density at radius 2 is 1.96 bits per heavy atom. The number of thiophene rings is 1. The summed E-state index contributed by atoms with van der Waals surface area (Å²) in [6, 6.07) is 3.46. The number of hydrogen-bond donors (Lipinski definition) is 3. The fourth-order valence-corrected chi connectivity index (χ4v) is 6.04. The Labute approximate surface area is 173 Å². The number of aliphatic hydroxyl groups excluding tert-OH is 1. The van der Waals surface area contributed by atoms with E-state index in [2.05, 4.69) is 15.6 Å². The van der Waals surface area contributed by atoms with Crippen molar-refractivity contribution in [1.29, 1.82) is 0 Å². The highest BCUT2D eigenvalue weighted by Gasteiger charge is 2.31. The average molecular weight is 431 g/mol. The molecule has 0 radical (unpaired) electrons. The van der Waals surface area contributed by atoms with Crippen LogP contribution in [0, 0.1) is 5.41 Å². The summed E-state index contributed by atoms with van der Waals surface area (Å²) in [6.45, 7) is 4.21. The zero-order valence-electron chi connectivity index (χ0n) is 17.2. The van der Waals surface area contributed by atoms with Crippen LogP contribution in [0.4, 0.5) is 0 Å². The average Bonchev–Trinajstić information content (AvgIpc) is 3.15. The summed E-state index contributed by atoms with van der Waals surface area (Å²) in [6.07, 6.45) is 6.79. The second-order valence-electron chi connectivity index (χ2n) is 7.59. The Bertz CT molecular complexity index is 733. The van der Waals surface area contributed by atoms with E-state index in [1.807, 2.05) is 13.0 Å². The molecule has 0 unspecified atom stereocenters. The molecule has 0 atom stereocenters. The van der Waals surface area contributed by atoms with Gasteiger partial charge in [-0.25, -0.2) is 17.7 Å². The monoisotopic (exact) mass is 430 g/mol. The van der Waals surface area contributed by atoms with E-state index in [9.17, 15) is 13.5 Å². The highest BCUT2D eigenvalue weighted by molar-refractivity contribution is 7.91. The van der Waals surface area contributed by atoms with Crippen molar-refractivity contribution in [3.8, 4) is 0 Å². The van der Waals surface area contributed by atoms with Gasteiger partial charge in [-0.2, -0.15) is 0 Å². The molecule has 160 valence electrons. The lowest BCUT2D eigenvalue weighted by Crippen LogP contribution is -2.44. The minimum Gasteiger partial charge on any atom is -0.396 e. The first-order valence-corrected chi connectivity index (χ1v) is 12.2. The lowest BCUT2D eigenvalue weighted by Gasteiger charge is -2.37. The summed E-state index contributed by atoms with van der Waals surface area (Å²) in [4.78, 5) is 5.54. The van der Waals surface area contributed by atoms with E-state index < -0.39 is 10.0 Å². The van der Waals surface area contributed by atoms with Crippen molar-refractivity contribution in [2.75, 3.05) is 33.8 Å². The maximum Gasteiger partial charge on any atom is 0.252 e. The molecule has 0 amide bonds. The van der Waals surface area contributed by atoms with E-state index in [1.165, 1.54) is 49.0 Å². The van der Waals surface area contributed by atoms with Gasteiger partial charge in [-0.05, 0) is 43.7 Å². The number of aliphatic hydroxyl groups is 1. The van der Waals surface area contributed by atoms with Crippen LogP contribution in [0.3, 0.4) is 0 Å². The predicted molar refractivity (Wildman–Crippen MR) is 115 cm³/mol. The molecule has 0 aliphatic heterocycles. The van der Waals surface area contributed by atoms with Gasteiger partial charge in [-0.1, -0.05) is 19.3 Å². The molecule has 0 saturated heterocycles. The van der Waals surface area contributed by atoms with Crippen molar-refractivity contribution in [3.63, 3.8) is 0 Å². The first-order valence-electron chi connectivity index (χ1n) is 9.97. The predicted octanol–water partition coefficient (Wildman–Crippen LogP) is 2.39. The van der Waals surface area contributed by atoms with Crippen LogP contribution in [0.5, 0.6) is 0 Å². The number of hydrogen-bond acceptors (Lipinski definition) is 5. The minimum absolute atomic E-state index is 0.138. The van der Waals surface area contributed by atoms with Gasteiger partial charge in [0.05, 0.1) is 6.54 Å². The molecule has 0 bridgehead atoms. The van der Waals surface area contributed by atoms with Gasteiger partial charge in [0, 0.05) is 38.7 Å². The fraction of sp³-hybridized carbons (Fsp3) is 0.737. The van der Waals surface area contributed by atoms with E-state index in [4.69, 9.17) is 0 Å². The third-order valence-corrected chi connectivity index (χ3v) is 8.65. The van der Waals surface area contributed by atoms with Crippen molar-refractivity contribution < 1.29 is 13.5 Å². The van der Waals surface area contributed by atoms with Crippen LogP contribution in [-0.4, -0.2) is 57.6 Å². The molecule has 0 aromatic carbocycles. The summed E-state index contributed by atoms with van der Waals surface area (Å²) >= 11 is 1.26. The second kappa shape index (κ2) is 10.6. The Kier molecular flexibility index (Phi) is 8.73. The third-order valence-electron chi connectivity index (χ3n) is 5.30. The number of aliphatic imine (C=N–C) groups is 1. The summed E-state index contributed by atoms with van der Waals surface area (Å²) in [5.41, 5.74) is 0.138. The van der Waals surface area contributed by atoms with Crippen LogP contribution in [0.1, 0.15) is 50.3 Å². The van der Waals surface area contributed by atoms with Crippen molar-refractivity contribution in [3.05, 3.63) is 17.0 Å². The largest absolute Gasteiger partial charge is 0.396 e. The van der Waals surface area contributed by atoms with Crippen molar-refractivity contribution in [1.82, 2.24) is 14.9 Å². The van der Waals surface area contributed by atoms with E-state index in [0.717, 1.165) is 43.2 Å². The molecule has 1 aliphatic rings. The SMILES string of the molecule is CCNC(=NCc1ccc(S(=O)(=O)N(C)C)s1)NCC1(CCO)CCCCC1. The molecule has 1 heterocycles. The van der Waals surface area contributed by atoms with E-state index in [0.29, 0.717) is 10.8 Å². The van der Waals surface area contributed by atoms with Gasteiger partial charge in [-0.15, -0.1) is 11.3 Å². The van der Waals surface area contributed by atoms with Crippen LogP contribution in [0.25, 0.3) is 0 Å². The van der Waals surface area contributed by atoms with Gasteiger partial charge in [0.2, 0.25) is 0 Å². The standard InChI is InChI=1S/C19H34N4O3S2/c1-4-20-18(22-15-19(12-13-24)10-6-5-7-11-19)21-14-16-8-9-17(27-16)28(25,26)23(2)3/h8-9,24H,4-7,10-15H2,1-3H3,(H2,20,21,22). The summed E-state index contributed by atoms with van der Waals surface area (Å²) in [5, 5.41) is 16.2. The van der Waals surface area contributed by atoms with Crippen LogP contribution >= 0.6 is 11.3 Å². The molecule has 7 nitrogen and oxygen atoms in total. The van der Waals surface area contributed by atoms with Crippen LogP contribution in [-0.2, 0) is 16.6 Å². The molecular weight excluding hydrogens is 396 g/mol. The highest BCUT2D eigenvalue weighted by Crippen LogP contribution is 2.38. The van der Waals surface area contributed by atoms with Gasteiger partial charge in [0.15, 0.2) is 5.96 Å². The fourth-order valence-electron chi connectivity index (χ4n) is 3.59. The number of rotatable bonds is 9. The number of nitrogens with one attached hydrogen (secondary N) is 2. The lowest BCUT2D eigenvalue weighted by molar-refractivity contribution is 0.131. The Morgan fingerprint density at radius 3 is 2.57 bits per heavy atom. The molecule has 1 fully saturated rings. The van der Waals surface area contributed by atoms with Gasteiger partial charge in [-0.3, -0.25) is 0 Å². The molecule has 2 rings (SSSR count). The Morgan fingerprint density at radius 1 is 1.25 bits per heavy atom. The van der Waals surface area contributed by atoms with Crippen molar-refractivity contribution in [2.24, 2.45) is 10.4 Å². The molecule has 1 aromatic heterocycles. The van der Waals surface area contributed by atoms with E-state index in [-0.39, 0.29) is 12.0 Å². The smallest absolute Gasteiger partial charge is 0.252 e. The second-order valence-corrected chi connectivity index (χ2v) is 11.1. The molecule has 1 saturated carbocycles. The van der Waals surface area contributed by atoms with Gasteiger partial charge in [0.25, 0.3) is 10.0 Å². The van der Waals surface area contributed by atoms with E-state index in [1.54, 1.807) is 6.07 Å². The molecule has 1 aliphatic carbocycles. The molecule has 28 heavy (non-hydrogen) atoms. The lowest BCUT2D eigenvalue weighted by atomic mass is 9.72. The molecule has 1 aromatic rings. The minimum atomic E-state index is -3.40. The maximum atomic E-state index is 12.2. The zero-order valence-corrected chi connectivity index (χ0v) is 18.8. The van der Waals surface area contributed by atoms with Crippen LogP contribution in [0.15, 0.2) is 21.3 Å². The zero-order chi connectivity index (χ0) is 20.6. The first kappa shape index (κ1) is 23.1. The molecular formula is C19H34N4O3S2. The van der Waals surface area contributed by atoms with Crippen molar-refractivity contribution >= 4 is 27.3 Å². The Balaban J connectivity index is 2.03. The van der Waals surface area contributed by atoms with Crippen LogP contribution in [0.2, 0.25) is 0 Å². The normalized spacial score (nSPS) is 17.7. The van der Waals surface area contributed by atoms with Gasteiger partial charge >= 0.3 is 0 Å². The maximum absolute atomic E-state index is 12.2. The quantitative estimate of drug-likeness (QED) is 0.413. The van der Waals surface area contributed by atoms with Gasteiger partial charge in [0.1, 0.15) is 4.21 Å². The molecule has 3 N–H and O–H groups in total. The summed E-state index contributed by atoms with van der Waals surface area (Å²) in [5.74, 6) is 0.732. The molecule has 9 heteroatoms. The summed E-state index contributed by atoms with van der Waals surface area (Å²) in [7, 11) is -0.325. The number of sulfonamides is 1. The molecule has 0 spiro atoms. The van der Waals surface area contributed by atoms with Crippen LogP contribution < -0.4 is 10.6 Å². The third kappa shape index (κ3) is 6.17. The number of nitrogens with zero attached hydrogens (tertiary/aromatic N) is 2. The van der Waals surface area contributed by atoms with E-state index >= 15 is 0 Å². The van der Waals surface area contributed by atoms with Crippen molar-refractivity contribution in [2.45, 2.75) is 56.2 Å². The number of guanidine groups is 1.